The molecule has 0 fully saturated rings. The molecule has 0 saturated carbocycles. The summed E-state index contributed by atoms with van der Waals surface area (Å²) in [6, 6.07) is 13.8. The number of benzene rings is 2. The monoisotopic (exact) mass is 579 g/mol. The maximum Gasteiger partial charge on any atom is 0.408 e. The van der Waals surface area contributed by atoms with Gasteiger partial charge in [-0.25, -0.2) is 9.59 Å². The van der Waals surface area contributed by atoms with E-state index in [2.05, 4.69) is 17.2 Å². The van der Waals surface area contributed by atoms with Gasteiger partial charge in [0, 0.05) is 12.5 Å². The van der Waals surface area contributed by atoms with Crippen LogP contribution in [-0.4, -0.2) is 58.6 Å². The number of esters is 1. The van der Waals surface area contributed by atoms with E-state index in [0.29, 0.717) is 5.56 Å². The van der Waals surface area contributed by atoms with Crippen LogP contribution < -0.4 is 10.6 Å². The number of hydrogen-bond acceptors (Lipinski definition) is 6. The number of hydrogen-bond donors (Lipinski definition) is 2. The normalized spacial score (nSPS) is 13.0. The first-order chi connectivity index (χ1) is 19.5. The predicted molar refractivity (Wildman–Crippen MR) is 163 cm³/mol. The largest absolute Gasteiger partial charge is 0.458 e. The van der Waals surface area contributed by atoms with E-state index in [9.17, 15) is 19.2 Å². The van der Waals surface area contributed by atoms with E-state index in [1.807, 2.05) is 36.4 Å². The van der Waals surface area contributed by atoms with Crippen molar-refractivity contribution in [3.63, 3.8) is 0 Å². The van der Waals surface area contributed by atoms with Gasteiger partial charge in [0.05, 0.1) is 0 Å². The first kappa shape index (κ1) is 34.1. The lowest BCUT2D eigenvalue weighted by Gasteiger charge is -2.36. The lowest BCUT2D eigenvalue weighted by Crippen LogP contribution is -2.53. The Hall–Kier alpha value is -4.14. The smallest absolute Gasteiger partial charge is 0.408 e. The molecule has 0 aliphatic carbocycles. The van der Waals surface area contributed by atoms with Gasteiger partial charge in [-0.2, -0.15) is 0 Å². The molecule has 0 aliphatic rings. The number of carbonyl (C=O) groups excluding carboxylic acids is 4. The van der Waals surface area contributed by atoms with Gasteiger partial charge in [-0.05, 0) is 78.1 Å². The van der Waals surface area contributed by atoms with Gasteiger partial charge in [-0.3, -0.25) is 9.59 Å². The first-order valence-corrected chi connectivity index (χ1v) is 14.1. The molecule has 0 saturated heterocycles. The summed E-state index contributed by atoms with van der Waals surface area (Å²) in [6.07, 6.45) is 1.08. The Morgan fingerprint density at radius 3 is 2.07 bits per heavy atom. The van der Waals surface area contributed by atoms with Crippen molar-refractivity contribution in [3.05, 3.63) is 77.9 Å². The van der Waals surface area contributed by atoms with Gasteiger partial charge in [-0.15, -0.1) is 0 Å². The fourth-order valence-electron chi connectivity index (χ4n) is 4.24. The summed E-state index contributed by atoms with van der Waals surface area (Å²) in [5.41, 5.74) is 0.584. The molecule has 0 bridgehead atoms. The van der Waals surface area contributed by atoms with E-state index < -0.39 is 59.7 Å². The summed E-state index contributed by atoms with van der Waals surface area (Å²) in [5.74, 6) is -1.66. The maximum absolute atomic E-state index is 14.1. The molecule has 2 atom stereocenters. The molecular weight excluding hydrogens is 534 g/mol. The highest BCUT2D eigenvalue weighted by Crippen LogP contribution is 2.26. The van der Waals surface area contributed by atoms with Crippen LogP contribution in [0.4, 0.5) is 4.79 Å². The molecule has 228 valence electrons. The van der Waals surface area contributed by atoms with Crippen LogP contribution in [0.5, 0.6) is 0 Å². The van der Waals surface area contributed by atoms with Crippen LogP contribution in [0.25, 0.3) is 6.08 Å². The number of carbonyl (C=O) groups is 4. The number of ether oxygens (including phenoxy) is 2. The topological polar surface area (TPSA) is 114 Å². The van der Waals surface area contributed by atoms with Crippen LogP contribution >= 0.6 is 0 Å². The lowest BCUT2D eigenvalue weighted by atomic mass is 9.98. The average Bonchev–Trinajstić information content (AvgIpc) is 2.88. The fourth-order valence-corrected chi connectivity index (χ4v) is 4.24. The molecule has 0 aliphatic heterocycles. The van der Waals surface area contributed by atoms with Crippen molar-refractivity contribution in [2.24, 2.45) is 0 Å². The first-order valence-electron chi connectivity index (χ1n) is 14.1. The van der Waals surface area contributed by atoms with Crippen LogP contribution in [-0.2, 0) is 30.3 Å². The zero-order valence-corrected chi connectivity index (χ0v) is 26.0. The molecule has 2 N–H and O–H groups in total. The van der Waals surface area contributed by atoms with E-state index in [1.165, 1.54) is 4.90 Å². The number of nitrogens with zero attached hydrogens (tertiary/aromatic N) is 1. The van der Waals surface area contributed by atoms with Crippen molar-refractivity contribution in [1.82, 2.24) is 15.5 Å². The molecule has 3 amide bonds. The van der Waals surface area contributed by atoms with Crippen LogP contribution in [0, 0.1) is 0 Å². The van der Waals surface area contributed by atoms with Gasteiger partial charge < -0.3 is 25.0 Å². The minimum absolute atomic E-state index is 0.191. The number of nitrogens with one attached hydrogen (secondary N) is 2. The summed E-state index contributed by atoms with van der Waals surface area (Å²) in [5, 5.41) is 5.35. The molecule has 9 heteroatoms. The van der Waals surface area contributed by atoms with Gasteiger partial charge in [0.25, 0.3) is 0 Å². The van der Waals surface area contributed by atoms with Crippen LogP contribution in [0.3, 0.4) is 0 Å². The molecule has 0 heterocycles. The molecular formula is C33H45N3O6. The molecule has 42 heavy (non-hydrogen) atoms. The Labute approximate surface area is 249 Å². The van der Waals surface area contributed by atoms with Gasteiger partial charge in [-0.1, -0.05) is 61.2 Å². The van der Waals surface area contributed by atoms with Gasteiger partial charge >= 0.3 is 12.1 Å². The number of alkyl carbamates (subject to hydrolysis) is 1. The maximum atomic E-state index is 14.1. The number of amides is 3. The predicted octanol–water partition coefficient (Wildman–Crippen LogP) is 5.20. The third-order valence-corrected chi connectivity index (χ3v) is 5.91. The Morgan fingerprint density at radius 1 is 0.905 bits per heavy atom. The SMILES string of the molecule is C=Cc1cccc(C(C(=O)NC(Cc2ccccc2)C(=O)OC(C)(C)C)N(C(=O)CNC(=O)OC(C)(C)C)C(C)C)c1. The summed E-state index contributed by atoms with van der Waals surface area (Å²) in [4.78, 5) is 54.7. The minimum Gasteiger partial charge on any atom is -0.458 e. The van der Waals surface area contributed by atoms with Gasteiger partial charge in [0.2, 0.25) is 11.8 Å². The van der Waals surface area contributed by atoms with Gasteiger partial charge in [0.1, 0.15) is 29.8 Å². The van der Waals surface area contributed by atoms with E-state index in [0.717, 1.165) is 11.1 Å². The second-order valence-corrected chi connectivity index (χ2v) is 12.3. The van der Waals surface area contributed by atoms with E-state index >= 15 is 0 Å². The average molecular weight is 580 g/mol. The molecule has 0 spiro atoms. The van der Waals surface area contributed by atoms with Crippen LogP contribution in [0.1, 0.15) is 78.1 Å². The zero-order chi connectivity index (χ0) is 31.7. The van der Waals surface area contributed by atoms with Crippen molar-refractivity contribution in [3.8, 4) is 0 Å². The van der Waals surface area contributed by atoms with Crippen LogP contribution in [0.2, 0.25) is 0 Å². The van der Waals surface area contributed by atoms with Gasteiger partial charge in [0.15, 0.2) is 0 Å². The molecule has 2 unspecified atom stereocenters. The summed E-state index contributed by atoms with van der Waals surface area (Å²) in [7, 11) is 0. The molecule has 9 nitrogen and oxygen atoms in total. The standard InChI is InChI=1S/C33H45N3O6/c1-10-23-17-14-18-25(19-23)28(36(22(2)3)27(37)21-34-31(40)42-33(7,8)9)29(38)35-26(30(39)41-32(4,5)6)20-24-15-12-11-13-16-24/h10-19,22,26,28H,1,20-21H2,2-9H3,(H,34,40)(H,35,38). The van der Waals surface area contributed by atoms with Crippen molar-refractivity contribution in [1.29, 1.82) is 0 Å². The molecule has 2 aromatic carbocycles. The minimum atomic E-state index is -1.13. The van der Waals surface area contributed by atoms with E-state index in [-0.39, 0.29) is 6.42 Å². The molecule has 2 aromatic rings. The van der Waals surface area contributed by atoms with Crippen molar-refractivity contribution in [2.75, 3.05) is 6.54 Å². The fraction of sp³-hybridized carbons (Fsp3) is 0.455. The lowest BCUT2D eigenvalue weighted by molar-refractivity contribution is -0.159. The zero-order valence-electron chi connectivity index (χ0n) is 26.0. The Kier molecular flexibility index (Phi) is 11.9. The van der Waals surface area contributed by atoms with E-state index in [1.54, 1.807) is 79.7 Å². The second-order valence-electron chi connectivity index (χ2n) is 12.3. The third-order valence-electron chi connectivity index (χ3n) is 5.91. The highest BCUT2D eigenvalue weighted by molar-refractivity contribution is 5.93. The van der Waals surface area contributed by atoms with Crippen molar-refractivity contribution < 1.29 is 28.7 Å². The molecule has 0 aromatic heterocycles. The highest BCUT2D eigenvalue weighted by Gasteiger charge is 2.36. The van der Waals surface area contributed by atoms with Crippen molar-refractivity contribution >= 4 is 30.0 Å². The third kappa shape index (κ3) is 11.0. The quantitative estimate of drug-likeness (QED) is 0.354. The highest BCUT2D eigenvalue weighted by atomic mass is 16.6. The summed E-state index contributed by atoms with van der Waals surface area (Å²) in [6.45, 7) is 17.4. The van der Waals surface area contributed by atoms with E-state index in [4.69, 9.17) is 9.47 Å². The van der Waals surface area contributed by atoms with Crippen molar-refractivity contribution in [2.45, 2.75) is 91.1 Å². The number of rotatable bonds is 11. The molecule has 2 rings (SSSR count). The Morgan fingerprint density at radius 2 is 1.52 bits per heavy atom. The summed E-state index contributed by atoms with van der Waals surface area (Å²) < 4.78 is 10.9. The summed E-state index contributed by atoms with van der Waals surface area (Å²) >= 11 is 0. The molecule has 0 radical (unpaired) electrons. The Balaban J connectivity index is 2.48. The van der Waals surface area contributed by atoms with Crippen LogP contribution in [0.15, 0.2) is 61.2 Å². The Bertz CT molecular complexity index is 1240. The second kappa shape index (κ2) is 14.7.